The van der Waals surface area contributed by atoms with Gasteiger partial charge in [-0.1, -0.05) is 13.0 Å². The summed E-state index contributed by atoms with van der Waals surface area (Å²) in [6.45, 7) is 3.04. The number of rotatable bonds is 5. The van der Waals surface area contributed by atoms with Gasteiger partial charge in [0, 0.05) is 25.4 Å². The fraction of sp³-hybridized carbons (Fsp3) is 0.533. The number of carbonyl (C=O) groups excluding carboxylic acids is 1. The minimum atomic E-state index is -3.85. The Morgan fingerprint density at radius 2 is 1.96 bits per heavy atom. The van der Waals surface area contributed by atoms with E-state index in [1.807, 2.05) is 6.92 Å². The summed E-state index contributed by atoms with van der Waals surface area (Å²) in [4.78, 5) is 12.6. The van der Waals surface area contributed by atoms with Crippen LogP contribution in [0.2, 0.25) is 0 Å². The molecule has 0 bridgehead atoms. The van der Waals surface area contributed by atoms with Crippen LogP contribution in [0.25, 0.3) is 0 Å². The molecule has 5 N–H and O–H groups in total. The molecule has 0 aromatic heterocycles. The van der Waals surface area contributed by atoms with Crippen LogP contribution in [-0.2, 0) is 26.0 Å². The first-order valence-electron chi connectivity index (χ1n) is 7.57. The highest BCUT2D eigenvalue weighted by molar-refractivity contribution is 7.89. The topological polar surface area (TPSA) is 125 Å². The van der Waals surface area contributed by atoms with E-state index in [0.717, 1.165) is 0 Å². The fourth-order valence-corrected chi connectivity index (χ4v) is 3.61. The number of nitrogens with one attached hydrogen (secondary N) is 1. The van der Waals surface area contributed by atoms with Gasteiger partial charge in [-0.15, -0.1) is 12.4 Å². The molecule has 1 aliphatic rings. The van der Waals surface area contributed by atoms with E-state index in [4.69, 9.17) is 15.6 Å². The summed E-state index contributed by atoms with van der Waals surface area (Å²) in [5, 5.41) is 8.02. The van der Waals surface area contributed by atoms with Gasteiger partial charge < -0.3 is 15.8 Å². The molecule has 0 saturated carbocycles. The average molecular weight is 378 g/mol. The van der Waals surface area contributed by atoms with Crippen molar-refractivity contribution in [2.75, 3.05) is 25.1 Å². The zero-order chi connectivity index (χ0) is 17.1. The molecule has 0 spiro atoms. The number of carbonyl (C=O) groups is 1. The molecule has 0 unspecified atom stereocenters. The summed E-state index contributed by atoms with van der Waals surface area (Å²) in [6.07, 6.45) is 1.62. The summed E-state index contributed by atoms with van der Waals surface area (Å²) >= 11 is 0. The first kappa shape index (κ1) is 20.9. The number of halogens is 1. The van der Waals surface area contributed by atoms with Crippen molar-refractivity contribution in [1.29, 1.82) is 0 Å². The molecule has 1 aliphatic heterocycles. The lowest BCUT2D eigenvalue weighted by molar-refractivity contribution is -0.130. The number of anilines is 1. The number of sulfonamides is 1. The third-order valence-corrected chi connectivity index (χ3v) is 5.33. The molecule has 7 nitrogen and oxygen atoms in total. The Morgan fingerprint density at radius 1 is 1.33 bits per heavy atom. The van der Waals surface area contributed by atoms with Crippen LogP contribution in [0.5, 0.6) is 0 Å². The Hall–Kier alpha value is -1.19. The Morgan fingerprint density at radius 3 is 2.46 bits per heavy atom. The van der Waals surface area contributed by atoms with Crippen LogP contribution >= 0.6 is 12.4 Å². The van der Waals surface area contributed by atoms with Gasteiger partial charge in [-0.3, -0.25) is 4.79 Å². The van der Waals surface area contributed by atoms with E-state index in [1.165, 1.54) is 6.07 Å². The molecular formula is C15H24ClN3O4S. The van der Waals surface area contributed by atoms with Crippen molar-refractivity contribution in [3.05, 3.63) is 23.8 Å². The Balaban J connectivity index is 0.00000288. The zero-order valence-electron chi connectivity index (χ0n) is 13.6. The third kappa shape index (κ3) is 4.46. The van der Waals surface area contributed by atoms with Crippen molar-refractivity contribution in [3.63, 3.8) is 0 Å². The van der Waals surface area contributed by atoms with Crippen LogP contribution < -0.4 is 16.2 Å². The van der Waals surface area contributed by atoms with E-state index >= 15 is 0 Å². The number of benzene rings is 1. The number of amides is 1. The third-order valence-electron chi connectivity index (χ3n) is 4.33. The SMILES string of the molecule is CCc1ccc(NC(=O)C2(CN)CCOCC2)cc1S(N)(=O)=O.Cl. The van der Waals surface area contributed by atoms with E-state index in [2.05, 4.69) is 5.32 Å². The highest BCUT2D eigenvalue weighted by atomic mass is 35.5. The molecule has 1 fully saturated rings. The highest BCUT2D eigenvalue weighted by Gasteiger charge is 2.38. The molecule has 2 rings (SSSR count). The van der Waals surface area contributed by atoms with Gasteiger partial charge in [0.15, 0.2) is 0 Å². The van der Waals surface area contributed by atoms with E-state index in [0.29, 0.717) is 43.7 Å². The molecule has 24 heavy (non-hydrogen) atoms. The standard InChI is InChI=1S/C15H23N3O4S.ClH/c1-2-11-3-4-12(9-13(11)23(17,20)21)18-14(19)15(10-16)5-7-22-8-6-15;/h3-4,9H,2,5-8,10,16H2,1H3,(H,18,19)(H2,17,20,21);1H. The summed E-state index contributed by atoms with van der Waals surface area (Å²) in [6, 6.07) is 4.74. The van der Waals surface area contributed by atoms with Gasteiger partial charge in [0.05, 0.1) is 10.3 Å². The minimum Gasteiger partial charge on any atom is -0.381 e. The summed E-state index contributed by atoms with van der Waals surface area (Å²) < 4.78 is 28.7. The average Bonchev–Trinajstić information content (AvgIpc) is 2.54. The lowest BCUT2D eigenvalue weighted by atomic mass is 9.79. The second-order valence-electron chi connectivity index (χ2n) is 5.77. The van der Waals surface area contributed by atoms with Crippen molar-refractivity contribution < 1.29 is 17.9 Å². The molecule has 0 radical (unpaired) electrons. The van der Waals surface area contributed by atoms with Crippen molar-refractivity contribution in [2.24, 2.45) is 16.3 Å². The largest absolute Gasteiger partial charge is 0.381 e. The van der Waals surface area contributed by atoms with Crippen LogP contribution in [0.4, 0.5) is 5.69 Å². The maximum Gasteiger partial charge on any atom is 0.238 e. The number of nitrogens with two attached hydrogens (primary N) is 2. The second-order valence-corrected chi connectivity index (χ2v) is 7.30. The molecule has 9 heteroatoms. The number of primary sulfonamides is 1. The Labute approximate surface area is 148 Å². The fourth-order valence-electron chi connectivity index (χ4n) is 2.74. The number of hydrogen-bond donors (Lipinski definition) is 3. The van der Waals surface area contributed by atoms with Gasteiger partial charge in [-0.2, -0.15) is 0 Å². The van der Waals surface area contributed by atoms with Gasteiger partial charge in [-0.05, 0) is 37.0 Å². The van der Waals surface area contributed by atoms with Gasteiger partial charge in [0.25, 0.3) is 0 Å². The van der Waals surface area contributed by atoms with Crippen molar-refractivity contribution in [1.82, 2.24) is 0 Å². The smallest absolute Gasteiger partial charge is 0.238 e. The predicted octanol–water partition coefficient (Wildman–Crippen LogP) is 1.01. The van der Waals surface area contributed by atoms with E-state index < -0.39 is 15.4 Å². The molecule has 1 amide bonds. The normalized spacial score (nSPS) is 17.0. The Bertz CT molecular complexity index is 688. The molecule has 0 atom stereocenters. The maximum absolute atomic E-state index is 12.6. The van der Waals surface area contributed by atoms with Gasteiger partial charge in [0.2, 0.25) is 15.9 Å². The van der Waals surface area contributed by atoms with E-state index in [-0.39, 0.29) is 29.8 Å². The molecular weight excluding hydrogens is 354 g/mol. The van der Waals surface area contributed by atoms with Gasteiger partial charge >= 0.3 is 0 Å². The lowest BCUT2D eigenvalue weighted by Gasteiger charge is -2.34. The maximum atomic E-state index is 12.6. The molecule has 1 heterocycles. The zero-order valence-corrected chi connectivity index (χ0v) is 15.2. The summed E-state index contributed by atoms with van der Waals surface area (Å²) in [5.41, 5.74) is 6.14. The van der Waals surface area contributed by atoms with E-state index in [1.54, 1.807) is 12.1 Å². The van der Waals surface area contributed by atoms with E-state index in [9.17, 15) is 13.2 Å². The molecule has 1 aromatic carbocycles. The summed E-state index contributed by atoms with van der Waals surface area (Å²) in [7, 11) is -3.85. The molecule has 1 saturated heterocycles. The van der Waals surface area contributed by atoms with Crippen LogP contribution in [-0.4, -0.2) is 34.1 Å². The second kappa shape index (κ2) is 8.26. The Kier molecular flexibility index (Phi) is 7.18. The molecule has 0 aliphatic carbocycles. The predicted molar refractivity (Wildman–Crippen MR) is 94.6 cm³/mol. The first-order valence-corrected chi connectivity index (χ1v) is 9.12. The first-order chi connectivity index (χ1) is 10.8. The van der Waals surface area contributed by atoms with Crippen molar-refractivity contribution in [2.45, 2.75) is 31.1 Å². The van der Waals surface area contributed by atoms with Crippen molar-refractivity contribution >= 4 is 34.0 Å². The van der Waals surface area contributed by atoms with Crippen LogP contribution in [0, 0.1) is 5.41 Å². The quantitative estimate of drug-likeness (QED) is 0.706. The minimum absolute atomic E-state index is 0. The number of ether oxygens (including phenoxy) is 1. The number of hydrogen-bond acceptors (Lipinski definition) is 5. The van der Waals surface area contributed by atoms with Crippen molar-refractivity contribution in [3.8, 4) is 0 Å². The highest BCUT2D eigenvalue weighted by Crippen LogP contribution is 2.31. The van der Waals surface area contributed by atoms with Crippen LogP contribution in [0.15, 0.2) is 23.1 Å². The number of aryl methyl sites for hydroxylation is 1. The van der Waals surface area contributed by atoms with Gasteiger partial charge in [0.1, 0.15) is 0 Å². The summed E-state index contributed by atoms with van der Waals surface area (Å²) in [5.74, 6) is -0.215. The van der Waals surface area contributed by atoms with Crippen LogP contribution in [0.3, 0.4) is 0 Å². The monoisotopic (exact) mass is 377 g/mol. The molecule has 1 aromatic rings. The molecule has 136 valence electrons. The lowest BCUT2D eigenvalue weighted by Crippen LogP contribution is -2.46. The van der Waals surface area contributed by atoms with Crippen LogP contribution in [0.1, 0.15) is 25.3 Å². The van der Waals surface area contributed by atoms with Gasteiger partial charge in [-0.25, -0.2) is 13.6 Å².